The molecule has 0 amide bonds. The molecule has 0 fully saturated rings. The first-order valence-corrected chi connectivity index (χ1v) is 7.97. The smallest absolute Gasteiger partial charge is 0.310 e. The SMILES string of the molecule is C=COC(=O)CCC[Si](C)(C)C. The average Bonchev–Trinajstić information content (AvgIpc) is 1.84. The Morgan fingerprint density at radius 1 is 1.50 bits per heavy atom. The standard InChI is InChI=1S/C9H18O2Si/c1-5-11-9(10)7-6-8-12(2,3)4/h5H,1,6-8H2,2-4H3. The quantitative estimate of drug-likeness (QED) is 0.375. The van der Waals surface area contributed by atoms with E-state index >= 15 is 0 Å². The van der Waals surface area contributed by atoms with Crippen LogP contribution in [0.3, 0.4) is 0 Å². The first-order chi connectivity index (χ1) is 5.45. The van der Waals surface area contributed by atoms with Crippen molar-refractivity contribution >= 4 is 14.0 Å². The largest absolute Gasteiger partial charge is 0.435 e. The zero-order valence-corrected chi connectivity index (χ0v) is 9.22. The van der Waals surface area contributed by atoms with Crippen LogP contribution in [0.1, 0.15) is 12.8 Å². The van der Waals surface area contributed by atoms with E-state index < -0.39 is 8.07 Å². The van der Waals surface area contributed by atoms with Gasteiger partial charge in [-0.3, -0.25) is 4.79 Å². The summed E-state index contributed by atoms with van der Waals surface area (Å²) in [6, 6.07) is 1.18. The van der Waals surface area contributed by atoms with Crippen molar-refractivity contribution in [2.75, 3.05) is 0 Å². The number of ether oxygens (including phenoxy) is 1. The molecule has 0 aliphatic carbocycles. The summed E-state index contributed by atoms with van der Waals surface area (Å²) in [7, 11) is -0.981. The van der Waals surface area contributed by atoms with E-state index in [1.54, 1.807) is 0 Å². The van der Waals surface area contributed by atoms with E-state index in [1.165, 1.54) is 12.3 Å². The second-order valence-corrected chi connectivity index (χ2v) is 9.69. The Balaban J connectivity index is 3.43. The maximum atomic E-state index is 10.9. The molecule has 0 bridgehead atoms. The highest BCUT2D eigenvalue weighted by molar-refractivity contribution is 6.76. The third-order valence-corrected chi connectivity index (χ3v) is 3.38. The molecule has 12 heavy (non-hydrogen) atoms. The highest BCUT2D eigenvalue weighted by Gasteiger charge is 2.13. The predicted molar refractivity (Wildman–Crippen MR) is 53.7 cm³/mol. The Labute approximate surface area is 75.6 Å². The van der Waals surface area contributed by atoms with E-state index in [4.69, 9.17) is 0 Å². The Kier molecular flexibility index (Phi) is 4.89. The summed E-state index contributed by atoms with van der Waals surface area (Å²) in [6.45, 7) is 10.2. The third kappa shape index (κ3) is 7.53. The molecule has 0 saturated carbocycles. The molecule has 0 radical (unpaired) electrons. The topological polar surface area (TPSA) is 26.3 Å². The summed E-state index contributed by atoms with van der Waals surface area (Å²) >= 11 is 0. The van der Waals surface area contributed by atoms with Crippen molar-refractivity contribution < 1.29 is 9.53 Å². The number of carbonyl (C=O) groups is 1. The maximum absolute atomic E-state index is 10.9. The molecule has 0 aliphatic rings. The zero-order chi connectivity index (χ0) is 9.61. The van der Waals surface area contributed by atoms with Crippen molar-refractivity contribution in [3.8, 4) is 0 Å². The fourth-order valence-electron chi connectivity index (χ4n) is 0.915. The normalized spacial score (nSPS) is 10.9. The minimum Gasteiger partial charge on any atom is -0.435 e. The van der Waals surface area contributed by atoms with Gasteiger partial charge < -0.3 is 4.74 Å². The van der Waals surface area contributed by atoms with Gasteiger partial charge in [-0.05, 0) is 6.42 Å². The van der Waals surface area contributed by atoms with Gasteiger partial charge in [-0.25, -0.2) is 0 Å². The maximum Gasteiger partial charge on any atom is 0.310 e. The molecule has 3 heteroatoms. The molecule has 70 valence electrons. The Morgan fingerprint density at radius 3 is 2.50 bits per heavy atom. The molecule has 0 atom stereocenters. The van der Waals surface area contributed by atoms with Crippen molar-refractivity contribution in [1.29, 1.82) is 0 Å². The second-order valence-electron chi connectivity index (χ2n) is 4.07. The molecule has 0 aromatic rings. The van der Waals surface area contributed by atoms with Crippen molar-refractivity contribution in [2.24, 2.45) is 0 Å². The predicted octanol–water partition coefficient (Wildman–Crippen LogP) is 2.79. The Morgan fingerprint density at radius 2 is 2.08 bits per heavy atom. The van der Waals surface area contributed by atoms with Gasteiger partial charge in [0.25, 0.3) is 0 Å². The number of hydrogen-bond acceptors (Lipinski definition) is 2. The van der Waals surface area contributed by atoms with Crippen LogP contribution in [-0.2, 0) is 9.53 Å². The Hall–Kier alpha value is -0.573. The molecule has 0 aromatic carbocycles. The summed E-state index contributed by atoms with van der Waals surface area (Å²) in [5.41, 5.74) is 0. The summed E-state index contributed by atoms with van der Waals surface area (Å²) < 4.78 is 4.60. The number of esters is 1. The molecule has 0 aliphatic heterocycles. The number of hydrogen-bond donors (Lipinski definition) is 0. The van der Waals surface area contributed by atoms with Crippen LogP contribution in [-0.4, -0.2) is 14.0 Å². The first-order valence-electron chi connectivity index (χ1n) is 4.26. The zero-order valence-electron chi connectivity index (χ0n) is 8.22. The van der Waals surface area contributed by atoms with E-state index in [2.05, 4.69) is 31.0 Å². The summed E-state index contributed by atoms with van der Waals surface area (Å²) in [6.07, 6.45) is 2.66. The lowest BCUT2D eigenvalue weighted by Gasteiger charge is -2.14. The number of carbonyl (C=O) groups excluding carboxylic acids is 1. The van der Waals surface area contributed by atoms with Gasteiger partial charge in [0, 0.05) is 14.5 Å². The van der Waals surface area contributed by atoms with Crippen LogP contribution in [0, 0.1) is 0 Å². The van der Waals surface area contributed by atoms with Crippen LogP contribution >= 0.6 is 0 Å². The molecular weight excluding hydrogens is 168 g/mol. The monoisotopic (exact) mass is 186 g/mol. The van der Waals surface area contributed by atoms with Gasteiger partial charge in [-0.1, -0.05) is 32.3 Å². The van der Waals surface area contributed by atoms with Crippen molar-refractivity contribution in [3.05, 3.63) is 12.8 Å². The molecule has 0 saturated heterocycles. The van der Waals surface area contributed by atoms with Crippen LogP contribution in [0.15, 0.2) is 12.8 Å². The van der Waals surface area contributed by atoms with E-state index in [9.17, 15) is 4.79 Å². The summed E-state index contributed by atoms with van der Waals surface area (Å²) in [5.74, 6) is -0.164. The molecule has 0 spiro atoms. The minimum absolute atomic E-state index is 0.164. The van der Waals surface area contributed by atoms with Crippen LogP contribution in [0.2, 0.25) is 25.7 Å². The summed E-state index contributed by atoms with van der Waals surface area (Å²) in [4.78, 5) is 10.9. The van der Waals surface area contributed by atoms with E-state index in [1.807, 2.05) is 0 Å². The molecule has 0 heterocycles. The van der Waals surface area contributed by atoms with E-state index in [0.29, 0.717) is 6.42 Å². The van der Waals surface area contributed by atoms with Crippen LogP contribution in [0.5, 0.6) is 0 Å². The molecule has 0 rings (SSSR count). The molecule has 0 aromatic heterocycles. The second kappa shape index (κ2) is 5.14. The minimum atomic E-state index is -0.981. The molecule has 2 nitrogen and oxygen atoms in total. The van der Waals surface area contributed by atoms with Crippen LogP contribution in [0.25, 0.3) is 0 Å². The van der Waals surface area contributed by atoms with Crippen molar-refractivity contribution in [3.63, 3.8) is 0 Å². The van der Waals surface area contributed by atoms with Gasteiger partial charge in [0.2, 0.25) is 0 Å². The van der Waals surface area contributed by atoms with Gasteiger partial charge in [-0.15, -0.1) is 0 Å². The van der Waals surface area contributed by atoms with Gasteiger partial charge in [0.05, 0.1) is 6.26 Å². The molecule has 0 unspecified atom stereocenters. The Bertz CT molecular complexity index is 158. The van der Waals surface area contributed by atoms with Gasteiger partial charge in [0.15, 0.2) is 0 Å². The highest BCUT2D eigenvalue weighted by atomic mass is 28.3. The first kappa shape index (κ1) is 11.4. The van der Waals surface area contributed by atoms with Gasteiger partial charge in [-0.2, -0.15) is 0 Å². The lowest BCUT2D eigenvalue weighted by molar-refractivity contribution is -0.137. The number of rotatable bonds is 5. The van der Waals surface area contributed by atoms with Gasteiger partial charge in [0.1, 0.15) is 0 Å². The van der Waals surface area contributed by atoms with E-state index in [0.717, 1.165) is 6.42 Å². The van der Waals surface area contributed by atoms with Crippen molar-refractivity contribution in [1.82, 2.24) is 0 Å². The molecule has 0 N–H and O–H groups in total. The van der Waals surface area contributed by atoms with Crippen LogP contribution in [0.4, 0.5) is 0 Å². The lowest BCUT2D eigenvalue weighted by atomic mass is 10.3. The fraction of sp³-hybridized carbons (Fsp3) is 0.667. The van der Waals surface area contributed by atoms with E-state index in [-0.39, 0.29) is 5.97 Å². The average molecular weight is 186 g/mol. The van der Waals surface area contributed by atoms with Crippen molar-refractivity contribution in [2.45, 2.75) is 38.5 Å². The van der Waals surface area contributed by atoms with Gasteiger partial charge >= 0.3 is 5.97 Å². The fourth-order valence-corrected chi connectivity index (χ4v) is 2.15. The lowest BCUT2D eigenvalue weighted by Crippen LogP contribution is -2.19. The third-order valence-electron chi connectivity index (χ3n) is 1.52. The molecular formula is C9H18O2Si. The summed E-state index contributed by atoms with van der Waals surface area (Å²) in [5, 5.41) is 0. The highest BCUT2D eigenvalue weighted by Crippen LogP contribution is 2.12. The van der Waals surface area contributed by atoms with Crippen LogP contribution < -0.4 is 0 Å².